The molecule has 34 rings (SSSR count). The number of ether oxygens (including phenoxy) is 24. The van der Waals surface area contributed by atoms with Gasteiger partial charge in [0.25, 0.3) is 0 Å². The van der Waals surface area contributed by atoms with E-state index in [-0.39, 0.29) is 149 Å². The van der Waals surface area contributed by atoms with Gasteiger partial charge in [0.15, 0.2) is 75.5 Å². The molecule has 48 heteroatoms. The fourth-order valence-electron chi connectivity index (χ4n) is 14.6. The standard InChI is InChI=1S/C84H144O24S24/c1-2-110-14-26-122-50-74-86-39-64-63(98-74)40-88-76(100-64)52-124-28-16-112-5-6-114-18-30-126-54-78-90-43-68-67(102-78)44-92-80(104-68)56-128-32-20-116-9-10-118-22-34-130-58-82-94-47-72-71(106-82)48-96-84(108-72)60-132-36-24-120-12-11-119-23-35-131-59-83-95-46-69-70(107-83)45-93-81(105-69)57-129-33-21-117-8-7-115-19-31-127-55-79-91-42-65-66(103-79)41-89-77(101-65)53-125-29-17-113-4-3-111-15-27-123-51-75-87-38-61-62(99-75)37-85-73(97-61)49-121-25-13-109-1/h61-84H,1-60H2/t61-,62-,63-,64-,65-,66-,67-,68-,69-,70-,71-,72-,73+,74+,75+,76+,77+,78+,79+,80+,81+,82+,83+,84+/m0/s1. The molecule has 0 saturated carbocycles. The number of rotatable bonds is 0. The van der Waals surface area contributed by atoms with Gasteiger partial charge < -0.3 is 114 Å². The number of hydrogen-bond acceptors (Lipinski definition) is 48. The van der Waals surface area contributed by atoms with Crippen LogP contribution in [0.5, 0.6) is 0 Å². The van der Waals surface area contributed by atoms with E-state index in [1.54, 1.807) is 0 Å². The van der Waals surface area contributed by atoms with Crippen molar-refractivity contribution in [3.8, 4) is 0 Å². The van der Waals surface area contributed by atoms with E-state index in [4.69, 9.17) is 114 Å². The molecule has 34 aliphatic rings. The Morgan fingerprint density at radius 1 is 0.0909 bits per heavy atom. The van der Waals surface area contributed by atoms with Crippen LogP contribution in [0.25, 0.3) is 0 Å². The van der Waals surface area contributed by atoms with Crippen molar-refractivity contribution in [3.05, 3.63) is 0 Å². The Bertz CT molecular complexity index is 2220. The Hall–Kier alpha value is 7.44. The zero-order chi connectivity index (χ0) is 90.2. The van der Waals surface area contributed by atoms with Crippen LogP contribution in [0.3, 0.4) is 0 Å². The van der Waals surface area contributed by atoms with Crippen LogP contribution < -0.4 is 0 Å². The predicted molar refractivity (Wildman–Crippen MR) is 591 cm³/mol. The van der Waals surface area contributed by atoms with Crippen LogP contribution in [0.1, 0.15) is 0 Å². The second kappa shape index (κ2) is 74.4. The summed E-state index contributed by atoms with van der Waals surface area (Å²) in [4.78, 5) is 0. The van der Waals surface area contributed by atoms with Crippen molar-refractivity contribution in [1.29, 1.82) is 0 Å². The molecule has 34 heterocycles. The van der Waals surface area contributed by atoms with Crippen molar-refractivity contribution < 1.29 is 114 Å². The third kappa shape index (κ3) is 48.6. The first-order valence-corrected chi connectivity index (χ1v) is 74.3. The lowest BCUT2D eigenvalue weighted by atomic mass is 10.2. The van der Waals surface area contributed by atoms with E-state index in [0.717, 1.165) is 276 Å². The minimum atomic E-state index is -0.210. The van der Waals surface area contributed by atoms with Gasteiger partial charge in [-0.15, -0.1) is 0 Å². The van der Waals surface area contributed by atoms with Gasteiger partial charge in [-0.05, 0) is 0 Å². The lowest BCUT2D eigenvalue weighted by Crippen LogP contribution is -2.54. The normalized spacial score (nSPS) is 39.3. The largest absolute Gasteiger partial charge is 0.349 e. The molecule has 24 atom stereocenters. The molecule has 24 bridgehead atoms. The summed E-state index contributed by atoms with van der Waals surface area (Å²) in [6.07, 6.45) is -3.34. The molecule has 0 radical (unpaired) electrons. The van der Waals surface area contributed by atoms with Crippen LogP contribution >= 0.6 is 282 Å². The van der Waals surface area contributed by atoms with Crippen molar-refractivity contribution >= 4 is 282 Å². The molecule has 34 fully saturated rings. The molecular formula is C84H144O24S24. The van der Waals surface area contributed by atoms with Crippen molar-refractivity contribution in [2.45, 2.75) is 149 Å². The minimum Gasteiger partial charge on any atom is -0.349 e. The Labute approximate surface area is 890 Å². The fraction of sp³-hybridized carbons (Fsp3) is 1.00. The van der Waals surface area contributed by atoms with E-state index in [1.807, 2.05) is 282 Å². The van der Waals surface area contributed by atoms with E-state index in [1.165, 1.54) is 0 Å². The summed E-state index contributed by atoms with van der Waals surface area (Å²) in [5.74, 6) is 50.4. The maximum Gasteiger partial charge on any atom is 0.167 e. The summed E-state index contributed by atoms with van der Waals surface area (Å²) in [6.45, 7) is 6.75. The SMILES string of the molecule is C1CSCCSC[C@@H]2OC[C@@H]3O[C@H](CSCCSCCSCCSC[C@@H]4OC[C@@H]5O[C@H](CSCCSCCSCCSC[C@@H]6OC[C@@H]7O[C@H](CSCCSCCSCCSC[C@@H]8OC[C@@H]9O[C@H](CSCCSCCSCCSC[C@@H]%10OC[C@@H]%11O[C@H](CSCCSCCSCCSC[C@@H]%12OC[C@@H]%13O[C@H](CSCCS1)OC[C@@H]%13O%12)OC[C@@H]%11O%10)OC[C@@H]9O8)OC[C@@H]7O6)OC[C@@H]5O4)OC[C@@H]3O2. The molecule has 768 valence electrons. The van der Waals surface area contributed by atoms with Crippen LogP contribution in [0.2, 0.25) is 0 Å². The van der Waals surface area contributed by atoms with Gasteiger partial charge in [-0.3, -0.25) is 0 Å². The molecule has 0 aromatic heterocycles. The highest BCUT2D eigenvalue weighted by Gasteiger charge is 2.45. The van der Waals surface area contributed by atoms with Crippen molar-refractivity contribution in [2.75, 3.05) is 355 Å². The molecule has 34 aliphatic heterocycles. The topological polar surface area (TPSA) is 222 Å². The molecule has 24 nitrogen and oxygen atoms in total. The van der Waals surface area contributed by atoms with Gasteiger partial charge in [-0.25, -0.2) is 0 Å². The van der Waals surface area contributed by atoms with E-state index in [2.05, 4.69) is 0 Å². The monoisotopic (exact) mass is 2300 g/mol. The second-order valence-electron chi connectivity index (χ2n) is 31.5. The molecule has 0 spiro atoms. The summed E-state index contributed by atoms with van der Waals surface area (Å²) in [5.41, 5.74) is 0. The molecule has 34 saturated heterocycles. The maximum atomic E-state index is 6.29. The summed E-state index contributed by atoms with van der Waals surface area (Å²) >= 11 is 47.3. The minimum absolute atomic E-state index is 0.0683. The van der Waals surface area contributed by atoms with E-state index in [0.29, 0.717) is 79.3 Å². The van der Waals surface area contributed by atoms with Crippen molar-refractivity contribution in [1.82, 2.24) is 0 Å². The van der Waals surface area contributed by atoms with Gasteiger partial charge in [0.05, 0.1) is 79.3 Å². The highest BCUT2D eigenvalue weighted by molar-refractivity contribution is 8.09. The first-order chi connectivity index (χ1) is 65.5. The van der Waals surface area contributed by atoms with Crippen LogP contribution in [0.15, 0.2) is 0 Å². The molecule has 0 aromatic rings. The highest BCUT2D eigenvalue weighted by Crippen LogP contribution is 2.36. The third-order valence-corrected chi connectivity index (χ3v) is 50.0. The summed E-state index contributed by atoms with van der Waals surface area (Å²) in [7, 11) is 0. The van der Waals surface area contributed by atoms with Gasteiger partial charge in [-0.2, -0.15) is 282 Å². The fourth-order valence-corrected chi connectivity index (χ4v) is 40.4. The number of thioether (sulfide) groups is 24. The van der Waals surface area contributed by atoms with Gasteiger partial charge in [-0.1, -0.05) is 0 Å². The highest BCUT2D eigenvalue weighted by atomic mass is 32.2. The first kappa shape index (κ1) is 117. The van der Waals surface area contributed by atoms with Crippen LogP contribution in [0.4, 0.5) is 0 Å². The van der Waals surface area contributed by atoms with Gasteiger partial charge in [0.2, 0.25) is 0 Å². The quantitative estimate of drug-likeness (QED) is 0.220. The van der Waals surface area contributed by atoms with Gasteiger partial charge in [0.1, 0.15) is 73.2 Å². The smallest absolute Gasteiger partial charge is 0.167 e. The van der Waals surface area contributed by atoms with Crippen LogP contribution in [-0.2, 0) is 114 Å². The number of hydrogen-bond donors (Lipinski definition) is 0. The summed E-state index contributed by atoms with van der Waals surface area (Å²) in [6, 6.07) is 0. The molecular weight excluding hydrogens is 2160 g/mol. The molecule has 0 unspecified atom stereocenters. The zero-order valence-corrected chi connectivity index (χ0v) is 95.5. The average Bonchev–Trinajstić information content (AvgIpc) is 0.857. The van der Waals surface area contributed by atoms with Gasteiger partial charge in [0, 0.05) is 276 Å². The summed E-state index contributed by atoms with van der Waals surface area (Å²) < 4.78 is 149. The maximum absolute atomic E-state index is 6.29. The van der Waals surface area contributed by atoms with Crippen molar-refractivity contribution in [2.24, 2.45) is 0 Å². The van der Waals surface area contributed by atoms with E-state index < -0.39 is 0 Å². The third-order valence-electron chi connectivity index (χ3n) is 21.5. The van der Waals surface area contributed by atoms with Crippen molar-refractivity contribution in [3.63, 3.8) is 0 Å². The van der Waals surface area contributed by atoms with Crippen LogP contribution in [0, 0.1) is 0 Å². The molecule has 0 N–H and O–H groups in total. The zero-order valence-electron chi connectivity index (χ0n) is 75.9. The first-order valence-electron chi connectivity index (χ1n) is 46.6. The Morgan fingerprint density at radius 3 is 0.235 bits per heavy atom. The Morgan fingerprint density at radius 2 is 0.159 bits per heavy atom. The average molecular weight is 2310 g/mol. The lowest BCUT2D eigenvalue weighted by molar-refractivity contribution is -0.326. The second-order valence-corrected chi connectivity index (χ2v) is 60.0. The predicted octanol–water partition coefficient (Wildman–Crippen LogP) is 14.5. The molecule has 132 heavy (non-hydrogen) atoms. The Kier molecular flexibility index (Phi) is 65.7. The van der Waals surface area contributed by atoms with E-state index in [9.17, 15) is 0 Å². The van der Waals surface area contributed by atoms with Gasteiger partial charge >= 0.3 is 0 Å². The Balaban J connectivity index is 0.415. The molecule has 0 aliphatic carbocycles. The molecule has 0 aromatic carbocycles. The van der Waals surface area contributed by atoms with Crippen LogP contribution in [-0.4, -0.2) is 504 Å². The van der Waals surface area contributed by atoms with E-state index >= 15 is 0 Å². The molecule has 0 amide bonds. The summed E-state index contributed by atoms with van der Waals surface area (Å²) in [5, 5.41) is 0. The lowest BCUT2D eigenvalue weighted by Gasteiger charge is -2.41.